The van der Waals surface area contributed by atoms with Gasteiger partial charge in [-0.25, -0.2) is 0 Å². The smallest absolute Gasteiger partial charge is 0.246 e. The number of ether oxygens (including phenoxy) is 2. The third kappa shape index (κ3) is 4.93. The minimum atomic E-state index is -1.13. The Morgan fingerprint density at radius 3 is 2.78 bits per heavy atom. The van der Waals surface area contributed by atoms with Crippen molar-refractivity contribution in [3.63, 3.8) is 0 Å². The van der Waals surface area contributed by atoms with Gasteiger partial charge in [0.1, 0.15) is 11.6 Å². The monoisotopic (exact) mass is 527 g/mol. The van der Waals surface area contributed by atoms with Crippen LogP contribution in [-0.2, 0) is 23.9 Å². The maximum atomic E-state index is 13.9. The number of fused-ring (bicyclic) bond motifs is 1. The molecule has 1 spiro atoms. The highest BCUT2D eigenvalue weighted by Crippen LogP contribution is 2.55. The van der Waals surface area contributed by atoms with Crippen molar-refractivity contribution < 1.29 is 23.9 Å². The molecule has 5 rings (SSSR count). The summed E-state index contributed by atoms with van der Waals surface area (Å²) in [6.07, 6.45) is 11.1. The Morgan fingerprint density at radius 2 is 2.03 bits per heavy atom. The zero-order valence-corrected chi connectivity index (χ0v) is 22.4. The molecule has 37 heavy (non-hydrogen) atoms. The second kappa shape index (κ2) is 11.2. The number of amides is 3. The van der Waals surface area contributed by atoms with Crippen LogP contribution in [0, 0.1) is 11.8 Å². The largest absolute Gasteiger partial charge is 0.382 e. The average molecular weight is 528 g/mol. The molecule has 1 aliphatic carbocycles. The first kappa shape index (κ1) is 26.3. The van der Waals surface area contributed by atoms with Crippen molar-refractivity contribution >= 4 is 35.2 Å². The van der Waals surface area contributed by atoms with E-state index in [0.717, 1.165) is 30.6 Å². The zero-order valence-electron chi connectivity index (χ0n) is 21.6. The molecule has 200 valence electrons. The van der Waals surface area contributed by atoms with E-state index in [0.29, 0.717) is 31.9 Å². The number of nitrogens with zero attached hydrogens (tertiary/aromatic N) is 1. The van der Waals surface area contributed by atoms with Gasteiger partial charge >= 0.3 is 0 Å². The molecule has 2 N–H and O–H groups in total. The average Bonchev–Trinajstić information content (AvgIpc) is 3.54. The van der Waals surface area contributed by atoms with E-state index < -0.39 is 29.6 Å². The van der Waals surface area contributed by atoms with E-state index >= 15 is 0 Å². The molecule has 3 heterocycles. The molecule has 2 bridgehead atoms. The Hall–Kier alpha value is -2.36. The fraction of sp³-hybridized carbons (Fsp3) is 0.607. The number of carbonyl (C=O) groups is 3. The van der Waals surface area contributed by atoms with E-state index in [1.165, 1.54) is 6.42 Å². The minimum Gasteiger partial charge on any atom is -0.382 e. The summed E-state index contributed by atoms with van der Waals surface area (Å²) in [5, 5.41) is 6.22. The lowest BCUT2D eigenvalue weighted by atomic mass is 9.74. The van der Waals surface area contributed by atoms with E-state index in [4.69, 9.17) is 9.47 Å². The molecule has 5 atom stereocenters. The number of hydrogen-bond acceptors (Lipinski definition) is 6. The van der Waals surface area contributed by atoms with Crippen LogP contribution < -0.4 is 10.6 Å². The van der Waals surface area contributed by atoms with Gasteiger partial charge in [0.2, 0.25) is 17.7 Å². The number of hydrogen-bond donors (Lipinski definition) is 2. The summed E-state index contributed by atoms with van der Waals surface area (Å²) in [7, 11) is 0. The number of rotatable bonds is 10. The Morgan fingerprint density at radius 1 is 1.22 bits per heavy atom. The third-order valence-electron chi connectivity index (χ3n) is 8.11. The van der Waals surface area contributed by atoms with Gasteiger partial charge in [-0.2, -0.15) is 0 Å². The van der Waals surface area contributed by atoms with E-state index in [1.54, 1.807) is 16.7 Å². The fourth-order valence-corrected chi connectivity index (χ4v) is 6.90. The number of carbonyl (C=O) groups excluding carboxylic acids is 3. The number of anilines is 1. The van der Waals surface area contributed by atoms with Gasteiger partial charge in [-0.1, -0.05) is 37.5 Å². The highest BCUT2D eigenvalue weighted by Gasteiger charge is 2.72. The molecule has 1 aromatic rings. The van der Waals surface area contributed by atoms with Gasteiger partial charge in [0.05, 0.1) is 17.9 Å². The standard InChI is InChI=1S/C28H37N3O5S/c1-3-35-16-8-15-31-24(26(33)29-18-9-5-4-6-10-18)28-14-13-21(36-28)22(23(28)27(31)34)25(32)30-19-11-7-12-20(17-19)37-2/h7,11-14,17-18,21-24H,3-6,8-10,15-16H2,1-2H3,(H,29,33)(H,30,32)/t21-,22-,23-,24-,28-/m0/s1. The highest BCUT2D eigenvalue weighted by molar-refractivity contribution is 7.98. The van der Waals surface area contributed by atoms with Gasteiger partial charge in [0.25, 0.3) is 0 Å². The molecule has 3 aliphatic heterocycles. The summed E-state index contributed by atoms with van der Waals surface area (Å²) in [6.45, 7) is 3.41. The third-order valence-corrected chi connectivity index (χ3v) is 8.83. The number of benzene rings is 1. The van der Waals surface area contributed by atoms with Gasteiger partial charge in [-0.05, 0) is 50.6 Å². The number of thioether (sulfide) groups is 1. The summed E-state index contributed by atoms with van der Waals surface area (Å²) < 4.78 is 11.9. The maximum absolute atomic E-state index is 13.9. The van der Waals surface area contributed by atoms with Crippen LogP contribution in [0.4, 0.5) is 5.69 Å². The lowest BCUT2D eigenvalue weighted by Gasteiger charge is -2.34. The summed E-state index contributed by atoms with van der Waals surface area (Å²) in [5.41, 5.74) is -0.446. The summed E-state index contributed by atoms with van der Waals surface area (Å²) in [6, 6.07) is 6.95. The number of nitrogens with one attached hydrogen (secondary N) is 2. The first-order valence-corrected chi connectivity index (χ1v) is 14.7. The van der Waals surface area contributed by atoms with Gasteiger partial charge in [-0.15, -0.1) is 11.8 Å². The lowest BCUT2D eigenvalue weighted by Crippen LogP contribution is -2.56. The Balaban J connectivity index is 1.40. The molecule has 1 aromatic carbocycles. The maximum Gasteiger partial charge on any atom is 0.246 e. The van der Waals surface area contributed by atoms with Gasteiger partial charge in [0, 0.05) is 36.4 Å². The first-order chi connectivity index (χ1) is 18.0. The molecule has 9 heteroatoms. The highest BCUT2D eigenvalue weighted by atomic mass is 32.2. The van der Waals surface area contributed by atoms with Crippen LogP contribution in [0.2, 0.25) is 0 Å². The number of likely N-dealkylation sites (tertiary alicyclic amines) is 1. The van der Waals surface area contributed by atoms with Crippen molar-refractivity contribution in [1.82, 2.24) is 10.2 Å². The van der Waals surface area contributed by atoms with Crippen LogP contribution in [0.3, 0.4) is 0 Å². The lowest BCUT2D eigenvalue weighted by molar-refractivity contribution is -0.141. The van der Waals surface area contributed by atoms with Gasteiger partial charge in [0.15, 0.2) is 0 Å². The molecule has 1 saturated carbocycles. The molecule has 0 aromatic heterocycles. The Bertz CT molecular complexity index is 1060. The van der Waals surface area contributed by atoms with Crippen LogP contribution in [0.15, 0.2) is 41.3 Å². The zero-order chi connectivity index (χ0) is 26.0. The molecule has 3 fully saturated rings. The molecule has 0 radical (unpaired) electrons. The first-order valence-electron chi connectivity index (χ1n) is 13.5. The van der Waals surface area contributed by atoms with Gasteiger partial charge in [-0.3, -0.25) is 14.4 Å². The van der Waals surface area contributed by atoms with E-state index in [1.807, 2.05) is 49.6 Å². The summed E-state index contributed by atoms with van der Waals surface area (Å²) >= 11 is 1.60. The summed E-state index contributed by atoms with van der Waals surface area (Å²) in [5.74, 6) is -2.06. The molecule has 4 aliphatic rings. The Labute approximate surface area is 222 Å². The van der Waals surface area contributed by atoms with Crippen molar-refractivity contribution in [1.29, 1.82) is 0 Å². The van der Waals surface area contributed by atoms with Crippen molar-refractivity contribution in [3.05, 3.63) is 36.4 Å². The van der Waals surface area contributed by atoms with E-state index in [-0.39, 0.29) is 23.8 Å². The predicted octanol–water partition coefficient (Wildman–Crippen LogP) is 3.37. The fourth-order valence-electron chi connectivity index (χ4n) is 6.44. The van der Waals surface area contributed by atoms with Gasteiger partial charge < -0.3 is 25.0 Å². The minimum absolute atomic E-state index is 0.113. The quantitative estimate of drug-likeness (QED) is 0.275. The van der Waals surface area contributed by atoms with Crippen LogP contribution >= 0.6 is 11.8 Å². The molecule has 2 saturated heterocycles. The predicted molar refractivity (Wildman–Crippen MR) is 142 cm³/mol. The molecular weight excluding hydrogens is 490 g/mol. The second-order valence-electron chi connectivity index (χ2n) is 10.3. The normalized spacial score (nSPS) is 30.5. The molecule has 0 unspecified atom stereocenters. The Kier molecular flexibility index (Phi) is 7.93. The van der Waals surface area contributed by atoms with Crippen LogP contribution in [-0.4, -0.2) is 72.4 Å². The van der Waals surface area contributed by atoms with E-state index in [9.17, 15) is 14.4 Å². The van der Waals surface area contributed by atoms with Crippen molar-refractivity contribution in [2.24, 2.45) is 11.8 Å². The molecule has 8 nitrogen and oxygen atoms in total. The van der Waals surface area contributed by atoms with Crippen molar-refractivity contribution in [2.45, 2.75) is 74.1 Å². The van der Waals surface area contributed by atoms with E-state index in [2.05, 4.69) is 10.6 Å². The van der Waals surface area contributed by atoms with Crippen molar-refractivity contribution in [2.75, 3.05) is 31.3 Å². The topological polar surface area (TPSA) is 97.0 Å². The summed E-state index contributed by atoms with van der Waals surface area (Å²) in [4.78, 5) is 43.9. The van der Waals surface area contributed by atoms with Crippen LogP contribution in [0.25, 0.3) is 0 Å². The molecular formula is C28H37N3O5S. The van der Waals surface area contributed by atoms with Crippen LogP contribution in [0.1, 0.15) is 45.4 Å². The van der Waals surface area contributed by atoms with Crippen molar-refractivity contribution in [3.8, 4) is 0 Å². The molecule has 3 amide bonds. The SMILES string of the molecule is CCOCCCN1C(=O)[C@@H]2[C@@H](C(=O)Nc3cccc(SC)c3)[C@@H]3C=C[C@@]2(O3)[C@@H]1C(=O)NC1CCCCC1. The van der Waals surface area contributed by atoms with Crippen LogP contribution in [0.5, 0.6) is 0 Å². The second-order valence-corrected chi connectivity index (χ2v) is 11.2.